The number of nitrogens with zero attached hydrogens (tertiary/aromatic N) is 3. The summed E-state index contributed by atoms with van der Waals surface area (Å²) in [5, 5.41) is 13.9. The van der Waals surface area contributed by atoms with Crippen LogP contribution in [0.3, 0.4) is 0 Å². The molecule has 1 aliphatic heterocycles. The molecule has 0 bridgehead atoms. The van der Waals surface area contributed by atoms with Gasteiger partial charge in [0.2, 0.25) is 11.8 Å². The summed E-state index contributed by atoms with van der Waals surface area (Å²) in [5.74, 6) is 0.980. The highest BCUT2D eigenvalue weighted by atomic mass is 16.6. The first kappa shape index (κ1) is 26.0. The van der Waals surface area contributed by atoms with Crippen molar-refractivity contribution in [2.45, 2.75) is 25.7 Å². The molecule has 10 heteroatoms. The zero-order valence-electron chi connectivity index (χ0n) is 20.2. The fourth-order valence-electron chi connectivity index (χ4n) is 4.01. The van der Waals surface area contributed by atoms with Gasteiger partial charge in [0.1, 0.15) is 17.2 Å². The zero-order valence-corrected chi connectivity index (χ0v) is 20.2. The molecule has 0 radical (unpaired) electrons. The maximum Gasteiger partial charge on any atom is 0.296 e. The van der Waals surface area contributed by atoms with Gasteiger partial charge < -0.3 is 24.6 Å². The van der Waals surface area contributed by atoms with Gasteiger partial charge >= 0.3 is 0 Å². The van der Waals surface area contributed by atoms with E-state index in [1.54, 1.807) is 13.2 Å². The van der Waals surface area contributed by atoms with Gasteiger partial charge in [-0.3, -0.25) is 19.7 Å². The zero-order chi connectivity index (χ0) is 25.2. The summed E-state index contributed by atoms with van der Waals surface area (Å²) in [6, 6.07) is 12.1. The molecule has 1 aliphatic rings. The number of ether oxygens (including phenoxy) is 2. The summed E-state index contributed by atoms with van der Waals surface area (Å²) < 4.78 is 10.2. The molecule has 0 saturated carbocycles. The van der Waals surface area contributed by atoms with Crippen molar-refractivity contribution < 1.29 is 24.0 Å². The van der Waals surface area contributed by atoms with E-state index in [-0.39, 0.29) is 29.6 Å². The number of nitro benzene ring substituents is 1. The van der Waals surface area contributed by atoms with Gasteiger partial charge in [-0.1, -0.05) is 12.1 Å². The Morgan fingerprint density at radius 3 is 2.37 bits per heavy atom. The lowest BCUT2D eigenvalue weighted by Gasteiger charge is -2.22. The van der Waals surface area contributed by atoms with E-state index in [1.807, 2.05) is 29.2 Å². The normalized spacial score (nSPS) is 14.2. The van der Waals surface area contributed by atoms with E-state index in [0.717, 1.165) is 24.3 Å². The molecular formula is C25H32N4O6. The standard InChI is InChI=1S/C25H32N4O6/c1-34-20-7-4-19(5-8-20)6-11-25(31)28-14-3-13-27(16-17-28)15-12-24(30)26-22-10-9-21(35-2)18-23(22)29(32)33/h4-5,7-10,18H,3,6,11-17H2,1-2H3,(H,26,30). The fraction of sp³-hybridized carbons (Fsp3) is 0.440. The third-order valence-corrected chi connectivity index (χ3v) is 6.06. The van der Waals surface area contributed by atoms with Crippen LogP contribution in [-0.4, -0.2) is 73.5 Å². The van der Waals surface area contributed by atoms with Gasteiger partial charge in [0.25, 0.3) is 5.69 Å². The smallest absolute Gasteiger partial charge is 0.296 e. The molecule has 1 N–H and O–H groups in total. The van der Waals surface area contributed by atoms with Crippen molar-refractivity contribution in [2.24, 2.45) is 0 Å². The molecule has 0 aromatic heterocycles. The Labute approximate surface area is 204 Å². The van der Waals surface area contributed by atoms with Gasteiger partial charge in [-0.15, -0.1) is 0 Å². The lowest BCUT2D eigenvalue weighted by molar-refractivity contribution is -0.384. The van der Waals surface area contributed by atoms with E-state index in [4.69, 9.17) is 9.47 Å². The highest BCUT2D eigenvalue weighted by Crippen LogP contribution is 2.29. The van der Waals surface area contributed by atoms with E-state index in [1.165, 1.54) is 19.2 Å². The Hall–Kier alpha value is -3.66. The van der Waals surface area contributed by atoms with Gasteiger partial charge in [-0.25, -0.2) is 0 Å². The predicted molar refractivity (Wildman–Crippen MR) is 132 cm³/mol. The van der Waals surface area contributed by atoms with E-state index in [2.05, 4.69) is 10.2 Å². The van der Waals surface area contributed by atoms with Gasteiger partial charge in [0.15, 0.2) is 0 Å². The quantitative estimate of drug-likeness (QED) is 0.407. The number of amides is 2. The number of anilines is 1. The molecule has 0 atom stereocenters. The first-order valence-electron chi connectivity index (χ1n) is 11.6. The minimum absolute atomic E-state index is 0.132. The van der Waals surface area contributed by atoms with Crippen LogP contribution in [-0.2, 0) is 16.0 Å². The summed E-state index contributed by atoms with van der Waals surface area (Å²) in [6.45, 7) is 3.31. The molecule has 10 nitrogen and oxygen atoms in total. The molecule has 0 unspecified atom stereocenters. The minimum atomic E-state index is -0.548. The molecule has 3 rings (SSSR count). The minimum Gasteiger partial charge on any atom is -0.497 e. The molecule has 2 aromatic carbocycles. The Bertz CT molecular complexity index is 1030. The van der Waals surface area contributed by atoms with Crippen LogP contribution in [0.1, 0.15) is 24.8 Å². The molecule has 1 saturated heterocycles. The second kappa shape index (κ2) is 12.7. The number of methoxy groups -OCH3 is 2. The molecule has 0 spiro atoms. The second-order valence-corrected chi connectivity index (χ2v) is 8.36. The number of benzene rings is 2. The highest BCUT2D eigenvalue weighted by Gasteiger charge is 2.21. The van der Waals surface area contributed by atoms with Gasteiger partial charge in [0.05, 0.1) is 25.2 Å². The summed E-state index contributed by atoms with van der Waals surface area (Å²) in [4.78, 5) is 40.0. The average Bonchev–Trinajstić information content (AvgIpc) is 3.12. The predicted octanol–water partition coefficient (Wildman–Crippen LogP) is 3.11. The molecule has 1 fully saturated rings. The SMILES string of the molecule is COc1ccc(CCC(=O)N2CCCN(CCC(=O)Nc3ccc(OC)cc3[N+](=O)[O-])CC2)cc1. The van der Waals surface area contributed by atoms with Crippen LogP contribution in [0.25, 0.3) is 0 Å². The molecule has 0 aliphatic carbocycles. The number of carbonyl (C=O) groups excluding carboxylic acids is 2. The van der Waals surface area contributed by atoms with E-state index in [9.17, 15) is 19.7 Å². The number of nitro groups is 1. The van der Waals surface area contributed by atoms with Crippen molar-refractivity contribution in [3.63, 3.8) is 0 Å². The van der Waals surface area contributed by atoms with Crippen molar-refractivity contribution in [1.82, 2.24) is 9.80 Å². The van der Waals surface area contributed by atoms with Crippen molar-refractivity contribution in [3.05, 3.63) is 58.1 Å². The molecular weight excluding hydrogens is 452 g/mol. The average molecular weight is 485 g/mol. The second-order valence-electron chi connectivity index (χ2n) is 8.36. The van der Waals surface area contributed by atoms with E-state index < -0.39 is 4.92 Å². The van der Waals surface area contributed by atoms with Crippen LogP contribution in [0.2, 0.25) is 0 Å². The maximum atomic E-state index is 12.7. The van der Waals surface area contributed by atoms with Crippen molar-refractivity contribution in [2.75, 3.05) is 52.3 Å². The summed E-state index contributed by atoms with van der Waals surface area (Å²) in [5.41, 5.74) is 1.03. The Morgan fingerprint density at radius 1 is 0.971 bits per heavy atom. The summed E-state index contributed by atoms with van der Waals surface area (Å²) in [7, 11) is 3.05. The first-order valence-corrected chi connectivity index (χ1v) is 11.6. The Morgan fingerprint density at radius 2 is 1.69 bits per heavy atom. The van der Waals surface area contributed by atoms with Crippen LogP contribution >= 0.6 is 0 Å². The van der Waals surface area contributed by atoms with Gasteiger partial charge in [0, 0.05) is 39.0 Å². The summed E-state index contributed by atoms with van der Waals surface area (Å²) in [6.07, 6.45) is 2.17. The third kappa shape index (κ3) is 7.68. The molecule has 35 heavy (non-hydrogen) atoms. The third-order valence-electron chi connectivity index (χ3n) is 6.06. The lowest BCUT2D eigenvalue weighted by atomic mass is 10.1. The summed E-state index contributed by atoms with van der Waals surface area (Å²) >= 11 is 0. The molecule has 2 aromatic rings. The number of rotatable bonds is 10. The largest absolute Gasteiger partial charge is 0.497 e. The van der Waals surface area contributed by atoms with E-state index in [0.29, 0.717) is 44.8 Å². The molecule has 188 valence electrons. The number of hydrogen-bond acceptors (Lipinski definition) is 7. The van der Waals surface area contributed by atoms with Crippen LogP contribution < -0.4 is 14.8 Å². The first-order chi connectivity index (χ1) is 16.9. The molecule has 2 amide bonds. The van der Waals surface area contributed by atoms with E-state index >= 15 is 0 Å². The lowest BCUT2D eigenvalue weighted by Crippen LogP contribution is -2.36. The Kier molecular flexibility index (Phi) is 9.42. The van der Waals surface area contributed by atoms with Gasteiger partial charge in [-0.2, -0.15) is 0 Å². The number of carbonyl (C=O) groups is 2. The van der Waals surface area contributed by atoms with Crippen molar-refractivity contribution in [1.29, 1.82) is 0 Å². The highest BCUT2D eigenvalue weighted by molar-refractivity contribution is 5.93. The maximum absolute atomic E-state index is 12.7. The van der Waals surface area contributed by atoms with Crippen LogP contribution in [0.15, 0.2) is 42.5 Å². The number of nitrogens with one attached hydrogen (secondary N) is 1. The van der Waals surface area contributed by atoms with Crippen LogP contribution in [0.4, 0.5) is 11.4 Å². The van der Waals surface area contributed by atoms with Gasteiger partial charge in [-0.05, 0) is 49.2 Å². The molecule has 1 heterocycles. The van der Waals surface area contributed by atoms with Crippen molar-refractivity contribution in [3.8, 4) is 11.5 Å². The monoisotopic (exact) mass is 484 g/mol. The van der Waals surface area contributed by atoms with Crippen molar-refractivity contribution >= 4 is 23.2 Å². The topological polar surface area (TPSA) is 114 Å². The number of aryl methyl sites for hydroxylation is 1. The van der Waals surface area contributed by atoms with Crippen LogP contribution in [0, 0.1) is 10.1 Å². The number of hydrogen-bond donors (Lipinski definition) is 1. The van der Waals surface area contributed by atoms with Crippen LogP contribution in [0.5, 0.6) is 11.5 Å². The Balaban J connectivity index is 1.43. The fourth-order valence-corrected chi connectivity index (χ4v) is 4.01.